The Hall–Kier alpha value is -2.95. The standard InChI is InChI=1S/C22H25N3O2/c1-3-17-12-14-18(15-13-17)16(2)23-20(26)10-7-11-21-24-25-22(27-21)19-8-5-4-6-9-19/h4-6,8-9,12-16H,3,7,10-11H2,1-2H3,(H,23,26)/t16-/m1/s1. The lowest BCUT2D eigenvalue weighted by atomic mass is 10.0. The van der Waals surface area contributed by atoms with Crippen LogP contribution in [0.2, 0.25) is 0 Å². The fourth-order valence-electron chi connectivity index (χ4n) is 2.89. The summed E-state index contributed by atoms with van der Waals surface area (Å²) in [4.78, 5) is 12.2. The Balaban J connectivity index is 1.44. The third-order valence-corrected chi connectivity index (χ3v) is 4.55. The SMILES string of the molecule is CCc1ccc([C@@H](C)NC(=O)CCCc2nnc(-c3ccccc3)o2)cc1. The molecule has 27 heavy (non-hydrogen) atoms. The van der Waals surface area contributed by atoms with Crippen LogP contribution >= 0.6 is 0 Å². The summed E-state index contributed by atoms with van der Waals surface area (Å²) in [7, 11) is 0. The van der Waals surface area contributed by atoms with Crippen molar-refractivity contribution in [1.82, 2.24) is 15.5 Å². The van der Waals surface area contributed by atoms with Gasteiger partial charge in [-0.3, -0.25) is 4.79 Å². The molecule has 1 amide bonds. The van der Waals surface area contributed by atoms with Gasteiger partial charge in [0.15, 0.2) is 0 Å². The van der Waals surface area contributed by atoms with Crippen LogP contribution < -0.4 is 5.32 Å². The van der Waals surface area contributed by atoms with Crippen LogP contribution in [0.1, 0.15) is 49.7 Å². The van der Waals surface area contributed by atoms with E-state index in [1.54, 1.807) is 0 Å². The van der Waals surface area contributed by atoms with Crippen molar-refractivity contribution in [2.75, 3.05) is 0 Å². The second-order valence-corrected chi connectivity index (χ2v) is 6.60. The summed E-state index contributed by atoms with van der Waals surface area (Å²) in [6.07, 6.45) is 2.71. The maximum absolute atomic E-state index is 12.2. The van der Waals surface area contributed by atoms with Crippen molar-refractivity contribution in [2.45, 2.75) is 45.6 Å². The summed E-state index contributed by atoms with van der Waals surface area (Å²) >= 11 is 0. The van der Waals surface area contributed by atoms with Crippen molar-refractivity contribution in [3.05, 3.63) is 71.6 Å². The summed E-state index contributed by atoms with van der Waals surface area (Å²) in [6.45, 7) is 4.13. The van der Waals surface area contributed by atoms with Gasteiger partial charge in [-0.2, -0.15) is 0 Å². The Labute approximate surface area is 159 Å². The number of rotatable bonds is 8. The number of amides is 1. The highest BCUT2D eigenvalue weighted by atomic mass is 16.4. The van der Waals surface area contributed by atoms with E-state index < -0.39 is 0 Å². The molecule has 1 atom stereocenters. The summed E-state index contributed by atoms with van der Waals surface area (Å²) in [5, 5.41) is 11.2. The highest BCUT2D eigenvalue weighted by Crippen LogP contribution is 2.18. The zero-order valence-corrected chi connectivity index (χ0v) is 15.8. The predicted molar refractivity (Wildman–Crippen MR) is 105 cm³/mol. The number of nitrogens with zero attached hydrogens (tertiary/aromatic N) is 2. The maximum atomic E-state index is 12.2. The van der Waals surface area contributed by atoms with E-state index in [0.29, 0.717) is 31.0 Å². The van der Waals surface area contributed by atoms with Gasteiger partial charge in [0, 0.05) is 18.4 Å². The molecule has 0 radical (unpaired) electrons. The van der Waals surface area contributed by atoms with Crippen LogP contribution in [-0.4, -0.2) is 16.1 Å². The van der Waals surface area contributed by atoms with Gasteiger partial charge in [0.05, 0.1) is 6.04 Å². The van der Waals surface area contributed by atoms with Crippen molar-refractivity contribution >= 4 is 5.91 Å². The molecule has 1 N–H and O–H groups in total. The molecule has 5 heteroatoms. The predicted octanol–water partition coefficient (Wildman–Crippen LogP) is 4.50. The van der Waals surface area contributed by atoms with E-state index in [-0.39, 0.29) is 11.9 Å². The van der Waals surface area contributed by atoms with Gasteiger partial charge in [-0.1, -0.05) is 49.4 Å². The lowest BCUT2D eigenvalue weighted by molar-refractivity contribution is -0.121. The van der Waals surface area contributed by atoms with E-state index in [1.807, 2.05) is 37.3 Å². The van der Waals surface area contributed by atoms with Crippen molar-refractivity contribution in [3.8, 4) is 11.5 Å². The molecule has 140 valence electrons. The quantitative estimate of drug-likeness (QED) is 0.640. The highest BCUT2D eigenvalue weighted by molar-refractivity contribution is 5.76. The molecule has 3 aromatic rings. The van der Waals surface area contributed by atoms with Gasteiger partial charge in [-0.25, -0.2) is 0 Å². The summed E-state index contributed by atoms with van der Waals surface area (Å²) < 4.78 is 5.67. The number of carbonyl (C=O) groups excluding carboxylic acids is 1. The first-order chi connectivity index (χ1) is 13.2. The minimum Gasteiger partial charge on any atom is -0.421 e. The van der Waals surface area contributed by atoms with E-state index >= 15 is 0 Å². The molecule has 0 spiro atoms. The van der Waals surface area contributed by atoms with Gasteiger partial charge in [0.25, 0.3) is 0 Å². The normalized spacial score (nSPS) is 11.9. The first-order valence-electron chi connectivity index (χ1n) is 9.41. The van der Waals surface area contributed by atoms with E-state index in [1.165, 1.54) is 5.56 Å². The minimum absolute atomic E-state index is 0.00325. The van der Waals surface area contributed by atoms with Crippen LogP contribution in [0.25, 0.3) is 11.5 Å². The smallest absolute Gasteiger partial charge is 0.247 e. The van der Waals surface area contributed by atoms with Gasteiger partial charge in [-0.15, -0.1) is 10.2 Å². The Morgan fingerprint density at radius 3 is 2.52 bits per heavy atom. The zero-order valence-electron chi connectivity index (χ0n) is 15.8. The third kappa shape index (κ3) is 5.26. The Morgan fingerprint density at radius 1 is 1.07 bits per heavy atom. The molecule has 0 fully saturated rings. The third-order valence-electron chi connectivity index (χ3n) is 4.55. The number of benzene rings is 2. The molecule has 0 unspecified atom stereocenters. The molecule has 0 saturated heterocycles. The van der Waals surface area contributed by atoms with Gasteiger partial charge in [-0.05, 0) is 43.0 Å². The van der Waals surface area contributed by atoms with Crippen molar-refractivity contribution in [2.24, 2.45) is 0 Å². The molecular formula is C22H25N3O2. The van der Waals surface area contributed by atoms with E-state index in [4.69, 9.17) is 4.42 Å². The Kier molecular flexibility index (Phi) is 6.36. The minimum atomic E-state index is -0.00325. The lowest BCUT2D eigenvalue weighted by Crippen LogP contribution is -2.26. The fraction of sp³-hybridized carbons (Fsp3) is 0.318. The van der Waals surface area contributed by atoms with Gasteiger partial charge >= 0.3 is 0 Å². The average Bonchev–Trinajstić information content (AvgIpc) is 3.17. The monoisotopic (exact) mass is 363 g/mol. The molecule has 5 nitrogen and oxygen atoms in total. The average molecular weight is 363 g/mol. The van der Waals surface area contributed by atoms with Crippen molar-refractivity contribution in [3.63, 3.8) is 0 Å². The molecule has 0 bridgehead atoms. The largest absolute Gasteiger partial charge is 0.421 e. The van der Waals surface area contributed by atoms with Crippen LogP contribution in [0.15, 0.2) is 59.0 Å². The number of aromatic nitrogens is 2. The second kappa shape index (κ2) is 9.12. The molecule has 2 aromatic carbocycles. The van der Waals surface area contributed by atoms with Crippen molar-refractivity contribution in [1.29, 1.82) is 0 Å². The lowest BCUT2D eigenvalue weighted by Gasteiger charge is -2.14. The van der Waals surface area contributed by atoms with Crippen LogP contribution in [0.4, 0.5) is 0 Å². The van der Waals surface area contributed by atoms with Gasteiger partial charge in [0.2, 0.25) is 17.7 Å². The molecule has 0 saturated carbocycles. The first-order valence-corrected chi connectivity index (χ1v) is 9.41. The number of hydrogen-bond acceptors (Lipinski definition) is 4. The van der Waals surface area contributed by atoms with Crippen molar-refractivity contribution < 1.29 is 9.21 Å². The van der Waals surface area contributed by atoms with Crippen LogP contribution in [0.3, 0.4) is 0 Å². The maximum Gasteiger partial charge on any atom is 0.247 e. The van der Waals surface area contributed by atoms with Crippen LogP contribution in [0.5, 0.6) is 0 Å². The van der Waals surface area contributed by atoms with E-state index in [2.05, 4.69) is 46.7 Å². The molecule has 3 rings (SSSR count). The van der Waals surface area contributed by atoms with Gasteiger partial charge in [0.1, 0.15) is 0 Å². The number of carbonyl (C=O) groups is 1. The topological polar surface area (TPSA) is 68.0 Å². The van der Waals surface area contributed by atoms with Crippen LogP contribution in [-0.2, 0) is 17.6 Å². The molecule has 0 aliphatic rings. The van der Waals surface area contributed by atoms with E-state index in [0.717, 1.165) is 17.5 Å². The summed E-state index contributed by atoms with van der Waals surface area (Å²) in [6, 6.07) is 18.0. The summed E-state index contributed by atoms with van der Waals surface area (Å²) in [5.41, 5.74) is 3.31. The number of hydrogen-bond donors (Lipinski definition) is 1. The molecular weight excluding hydrogens is 338 g/mol. The molecule has 1 aromatic heterocycles. The molecule has 0 aliphatic carbocycles. The second-order valence-electron chi connectivity index (χ2n) is 6.60. The Morgan fingerprint density at radius 2 is 1.81 bits per heavy atom. The molecule has 0 aliphatic heterocycles. The van der Waals surface area contributed by atoms with Gasteiger partial charge < -0.3 is 9.73 Å². The zero-order chi connectivity index (χ0) is 19.1. The summed E-state index contributed by atoms with van der Waals surface area (Å²) in [5.74, 6) is 1.11. The van der Waals surface area contributed by atoms with Crippen LogP contribution in [0, 0.1) is 0 Å². The van der Waals surface area contributed by atoms with E-state index in [9.17, 15) is 4.79 Å². The molecule has 1 heterocycles. The Bertz CT molecular complexity index is 857. The highest BCUT2D eigenvalue weighted by Gasteiger charge is 2.11. The fourth-order valence-corrected chi connectivity index (χ4v) is 2.89. The first kappa shape index (κ1) is 18.8. The number of nitrogens with one attached hydrogen (secondary N) is 1. The number of aryl methyl sites for hydroxylation is 2.